The van der Waals surface area contributed by atoms with E-state index in [1.807, 2.05) is 13.8 Å². The van der Waals surface area contributed by atoms with Gasteiger partial charge in [-0.3, -0.25) is 24.3 Å². The van der Waals surface area contributed by atoms with Gasteiger partial charge in [-0.2, -0.15) is 0 Å². The number of benzene rings is 1. The second-order valence-electron chi connectivity index (χ2n) is 6.03. The molecule has 7 heteroatoms. The molecule has 2 heterocycles. The first-order valence-corrected chi connectivity index (χ1v) is 8.07. The van der Waals surface area contributed by atoms with Crippen molar-refractivity contribution in [1.82, 2.24) is 9.88 Å². The van der Waals surface area contributed by atoms with Crippen molar-refractivity contribution in [3.63, 3.8) is 0 Å². The molecule has 0 atom stereocenters. The molecule has 2 amide bonds. The fourth-order valence-corrected chi connectivity index (χ4v) is 3.22. The summed E-state index contributed by atoms with van der Waals surface area (Å²) in [6, 6.07) is 7.96. The van der Waals surface area contributed by atoms with E-state index in [1.165, 1.54) is 4.57 Å². The van der Waals surface area contributed by atoms with Crippen molar-refractivity contribution in [1.29, 1.82) is 0 Å². The fraction of sp³-hybridized carbons (Fsp3) is 0.278. The molecule has 0 aliphatic carbocycles. The number of rotatable bonds is 4. The number of anilines is 1. The lowest BCUT2D eigenvalue weighted by atomic mass is 9.87. The van der Waals surface area contributed by atoms with Crippen LogP contribution < -0.4 is 16.6 Å². The molecular weight excluding hydrogens is 322 g/mol. The number of nitrogens with one attached hydrogen (secondary N) is 1. The third kappa shape index (κ3) is 2.44. The zero-order valence-electron chi connectivity index (χ0n) is 14.0. The Balaban J connectivity index is 2.34. The number of imide groups is 1. The van der Waals surface area contributed by atoms with Gasteiger partial charge in [-0.15, -0.1) is 0 Å². The Morgan fingerprint density at radius 3 is 2.40 bits per heavy atom. The highest BCUT2D eigenvalue weighted by atomic mass is 16.3. The zero-order chi connectivity index (χ0) is 18.4. The molecular formula is C18H19N3O4. The largest absolute Gasteiger partial charge is 0.385 e. The summed E-state index contributed by atoms with van der Waals surface area (Å²) in [7, 11) is 0. The molecule has 0 fully saturated rings. The van der Waals surface area contributed by atoms with Crippen molar-refractivity contribution in [2.45, 2.75) is 32.3 Å². The maximum absolute atomic E-state index is 12.6. The van der Waals surface area contributed by atoms with Crippen LogP contribution in [0.2, 0.25) is 0 Å². The van der Waals surface area contributed by atoms with Crippen molar-refractivity contribution >= 4 is 17.6 Å². The molecule has 1 aliphatic rings. The van der Waals surface area contributed by atoms with Gasteiger partial charge >= 0.3 is 0 Å². The predicted octanol–water partition coefficient (Wildman–Crippen LogP) is 1.31. The van der Waals surface area contributed by atoms with Crippen LogP contribution in [0.5, 0.6) is 0 Å². The molecule has 130 valence electrons. The minimum atomic E-state index is -1.14. The standard InChI is InChI=1S/C18H19N3O4/c1-3-18(25,4-2)11-7-5-6-8-12(11)21-13(22)9-10-14(15(21)19)17(24)20-16(10)23/h5-9,25H,3-4,19H2,1-2H3,(H,20,23,24). The Morgan fingerprint density at radius 1 is 1.12 bits per heavy atom. The van der Waals surface area contributed by atoms with E-state index in [-0.39, 0.29) is 16.9 Å². The topological polar surface area (TPSA) is 114 Å². The summed E-state index contributed by atoms with van der Waals surface area (Å²) in [6.07, 6.45) is 0.887. The van der Waals surface area contributed by atoms with Crippen molar-refractivity contribution in [2.24, 2.45) is 0 Å². The number of carbonyl (C=O) groups excluding carboxylic acids is 2. The number of aromatic nitrogens is 1. The Bertz CT molecular complexity index is 942. The summed E-state index contributed by atoms with van der Waals surface area (Å²) in [6.45, 7) is 3.70. The van der Waals surface area contributed by atoms with E-state index in [2.05, 4.69) is 5.32 Å². The van der Waals surface area contributed by atoms with Gasteiger partial charge in [0.2, 0.25) is 0 Å². The van der Waals surface area contributed by atoms with Crippen LogP contribution in [0.25, 0.3) is 5.69 Å². The van der Waals surface area contributed by atoms with Gasteiger partial charge in [-0.1, -0.05) is 32.0 Å². The van der Waals surface area contributed by atoms with E-state index in [0.29, 0.717) is 24.1 Å². The highest BCUT2D eigenvalue weighted by Crippen LogP contribution is 2.34. The van der Waals surface area contributed by atoms with Gasteiger partial charge < -0.3 is 10.8 Å². The molecule has 3 rings (SSSR count). The molecule has 1 aromatic heterocycles. The number of carbonyl (C=O) groups is 2. The summed E-state index contributed by atoms with van der Waals surface area (Å²) < 4.78 is 1.17. The Kier molecular flexibility index (Phi) is 3.96. The van der Waals surface area contributed by atoms with Crippen molar-refractivity contribution in [3.05, 3.63) is 57.4 Å². The lowest BCUT2D eigenvalue weighted by Gasteiger charge is -2.29. The van der Waals surface area contributed by atoms with E-state index in [1.54, 1.807) is 24.3 Å². The first kappa shape index (κ1) is 16.9. The number of nitrogens with zero attached hydrogens (tertiary/aromatic N) is 1. The maximum Gasteiger partial charge on any atom is 0.262 e. The Hall–Kier alpha value is -2.93. The lowest BCUT2D eigenvalue weighted by molar-refractivity contribution is 0.0283. The molecule has 0 saturated heterocycles. The molecule has 0 radical (unpaired) electrons. The highest BCUT2D eigenvalue weighted by Gasteiger charge is 2.34. The summed E-state index contributed by atoms with van der Waals surface area (Å²) in [4.78, 5) is 36.4. The molecule has 25 heavy (non-hydrogen) atoms. The molecule has 0 saturated carbocycles. The molecule has 0 bridgehead atoms. The van der Waals surface area contributed by atoms with Crippen LogP contribution >= 0.6 is 0 Å². The summed E-state index contributed by atoms with van der Waals surface area (Å²) in [5.41, 5.74) is 5.30. The minimum absolute atomic E-state index is 0.0176. The molecule has 1 aromatic carbocycles. The highest BCUT2D eigenvalue weighted by molar-refractivity contribution is 6.23. The normalized spacial score (nSPS) is 13.7. The number of para-hydroxylation sites is 1. The smallest absolute Gasteiger partial charge is 0.262 e. The Morgan fingerprint density at radius 2 is 1.76 bits per heavy atom. The van der Waals surface area contributed by atoms with Gasteiger partial charge in [0, 0.05) is 11.6 Å². The van der Waals surface area contributed by atoms with Crippen LogP contribution in [0.3, 0.4) is 0 Å². The number of amides is 2. The monoisotopic (exact) mass is 341 g/mol. The number of pyridine rings is 1. The number of hydrogen-bond acceptors (Lipinski definition) is 5. The summed E-state index contributed by atoms with van der Waals surface area (Å²) >= 11 is 0. The van der Waals surface area contributed by atoms with E-state index in [9.17, 15) is 19.5 Å². The number of nitrogen functional groups attached to an aromatic ring is 1. The Labute approximate surface area is 144 Å². The average molecular weight is 341 g/mol. The van der Waals surface area contributed by atoms with Gasteiger partial charge in [0.05, 0.1) is 22.4 Å². The SMILES string of the molecule is CCC(O)(CC)c1ccccc1-n1c(N)c2c(cc1=O)C(=O)NC2=O. The quantitative estimate of drug-likeness (QED) is 0.726. The summed E-state index contributed by atoms with van der Waals surface area (Å²) in [5, 5.41) is 13.1. The molecule has 7 nitrogen and oxygen atoms in total. The summed E-state index contributed by atoms with van der Waals surface area (Å²) in [5.74, 6) is -1.39. The number of fused-ring (bicyclic) bond motifs is 1. The second-order valence-corrected chi connectivity index (χ2v) is 6.03. The van der Waals surface area contributed by atoms with Gasteiger partial charge in [-0.25, -0.2) is 0 Å². The number of aliphatic hydroxyl groups is 1. The van der Waals surface area contributed by atoms with Crippen LogP contribution in [-0.4, -0.2) is 21.5 Å². The van der Waals surface area contributed by atoms with E-state index < -0.39 is 23.0 Å². The van der Waals surface area contributed by atoms with Gasteiger partial charge in [0.15, 0.2) is 0 Å². The maximum atomic E-state index is 12.6. The predicted molar refractivity (Wildman–Crippen MR) is 92.7 cm³/mol. The zero-order valence-corrected chi connectivity index (χ0v) is 14.0. The molecule has 0 unspecified atom stereocenters. The van der Waals surface area contributed by atoms with E-state index in [0.717, 1.165) is 6.07 Å². The second kappa shape index (κ2) is 5.86. The van der Waals surface area contributed by atoms with Crippen molar-refractivity contribution in [3.8, 4) is 5.69 Å². The molecule has 1 aliphatic heterocycles. The minimum Gasteiger partial charge on any atom is -0.385 e. The van der Waals surface area contributed by atoms with Crippen LogP contribution in [0.1, 0.15) is 53.0 Å². The average Bonchev–Trinajstić information content (AvgIpc) is 2.88. The first-order chi connectivity index (χ1) is 11.8. The third-order valence-corrected chi connectivity index (χ3v) is 4.77. The fourth-order valence-electron chi connectivity index (χ4n) is 3.22. The van der Waals surface area contributed by atoms with Gasteiger partial charge in [-0.05, 0) is 18.9 Å². The van der Waals surface area contributed by atoms with Crippen LogP contribution in [0.15, 0.2) is 35.1 Å². The van der Waals surface area contributed by atoms with Crippen LogP contribution in [0.4, 0.5) is 5.82 Å². The molecule has 0 spiro atoms. The number of nitrogens with two attached hydrogens (primary N) is 1. The van der Waals surface area contributed by atoms with E-state index >= 15 is 0 Å². The molecule has 4 N–H and O–H groups in total. The van der Waals surface area contributed by atoms with Crippen LogP contribution in [-0.2, 0) is 5.60 Å². The lowest BCUT2D eigenvalue weighted by Crippen LogP contribution is -2.30. The first-order valence-electron chi connectivity index (χ1n) is 8.07. The number of hydrogen-bond donors (Lipinski definition) is 3. The third-order valence-electron chi connectivity index (χ3n) is 4.77. The van der Waals surface area contributed by atoms with Crippen molar-refractivity contribution in [2.75, 3.05) is 5.73 Å². The van der Waals surface area contributed by atoms with Gasteiger partial charge in [0.1, 0.15) is 5.82 Å². The van der Waals surface area contributed by atoms with Gasteiger partial charge in [0.25, 0.3) is 17.4 Å². The molecule has 2 aromatic rings. The van der Waals surface area contributed by atoms with Crippen LogP contribution in [0, 0.1) is 0 Å². The van der Waals surface area contributed by atoms with E-state index in [4.69, 9.17) is 5.73 Å². The van der Waals surface area contributed by atoms with Crippen molar-refractivity contribution < 1.29 is 14.7 Å².